The molecule has 0 aliphatic rings. The number of nitrogen functional groups attached to an aromatic ring is 1. The van der Waals surface area contributed by atoms with E-state index >= 15 is 0 Å². The third kappa shape index (κ3) is 4.43. The quantitative estimate of drug-likeness (QED) is 0.638. The van der Waals surface area contributed by atoms with Crippen LogP contribution in [0.3, 0.4) is 0 Å². The third-order valence-corrected chi connectivity index (χ3v) is 4.53. The minimum Gasteiger partial charge on any atom is -0.383 e. The Morgan fingerprint density at radius 2 is 1.86 bits per heavy atom. The standard InChI is InChI=1S/C21H23N5O3/c1-2-3-13-25-18(22)17(19(27)24-21(25)29)26(14-15-9-5-4-6-10-15)20(28)16-11-7-8-12-23-16/h4-12H,2-3,13-14,22H2,1H3,(H,24,27,29). The van der Waals surface area contributed by atoms with E-state index in [0.717, 1.165) is 12.0 Å². The molecule has 1 amide bonds. The average molecular weight is 393 g/mol. The number of hydrogen-bond acceptors (Lipinski definition) is 5. The van der Waals surface area contributed by atoms with Crippen molar-refractivity contribution < 1.29 is 4.79 Å². The minimum absolute atomic E-state index is 0.0348. The number of amides is 1. The van der Waals surface area contributed by atoms with Crippen LogP contribution in [0.4, 0.5) is 11.5 Å². The van der Waals surface area contributed by atoms with Gasteiger partial charge in [0.2, 0.25) is 0 Å². The fourth-order valence-electron chi connectivity index (χ4n) is 3.02. The van der Waals surface area contributed by atoms with Crippen molar-refractivity contribution in [3.05, 3.63) is 86.8 Å². The van der Waals surface area contributed by atoms with Gasteiger partial charge in [-0.3, -0.25) is 29.0 Å². The van der Waals surface area contributed by atoms with Gasteiger partial charge in [-0.25, -0.2) is 4.79 Å². The highest BCUT2D eigenvalue weighted by atomic mass is 16.2. The second-order valence-electron chi connectivity index (χ2n) is 6.59. The van der Waals surface area contributed by atoms with Gasteiger partial charge in [0, 0.05) is 12.7 Å². The summed E-state index contributed by atoms with van der Waals surface area (Å²) in [5, 5.41) is 0. The largest absolute Gasteiger partial charge is 0.383 e. The molecule has 0 atom stereocenters. The van der Waals surface area contributed by atoms with Crippen molar-refractivity contribution in [1.29, 1.82) is 0 Å². The summed E-state index contributed by atoms with van der Waals surface area (Å²) < 4.78 is 1.30. The number of nitrogens with one attached hydrogen (secondary N) is 1. The normalized spacial score (nSPS) is 10.7. The average Bonchev–Trinajstić information content (AvgIpc) is 2.73. The van der Waals surface area contributed by atoms with Gasteiger partial charge in [0.15, 0.2) is 5.69 Å². The van der Waals surface area contributed by atoms with Crippen LogP contribution in [0.2, 0.25) is 0 Å². The maximum atomic E-state index is 13.2. The number of aromatic nitrogens is 3. The first-order valence-corrected chi connectivity index (χ1v) is 9.42. The number of nitrogens with two attached hydrogens (primary N) is 1. The van der Waals surface area contributed by atoms with E-state index in [4.69, 9.17) is 5.73 Å². The maximum absolute atomic E-state index is 13.2. The zero-order valence-electron chi connectivity index (χ0n) is 16.2. The van der Waals surface area contributed by atoms with E-state index in [2.05, 4.69) is 9.97 Å². The second-order valence-corrected chi connectivity index (χ2v) is 6.59. The number of rotatable bonds is 7. The number of carbonyl (C=O) groups is 1. The van der Waals surface area contributed by atoms with Gasteiger partial charge in [-0.2, -0.15) is 0 Å². The number of hydrogen-bond donors (Lipinski definition) is 2. The SMILES string of the molecule is CCCCn1c(N)c(N(Cc2ccccc2)C(=O)c2ccccn2)c(=O)[nH]c1=O. The summed E-state index contributed by atoms with van der Waals surface area (Å²) in [6, 6.07) is 14.2. The van der Waals surface area contributed by atoms with Crippen LogP contribution in [0.1, 0.15) is 35.8 Å². The maximum Gasteiger partial charge on any atom is 0.330 e. The molecule has 0 aliphatic heterocycles. The Bertz CT molecular complexity index is 1090. The number of nitrogens with zero attached hydrogens (tertiary/aromatic N) is 3. The Morgan fingerprint density at radius 3 is 2.52 bits per heavy atom. The van der Waals surface area contributed by atoms with Gasteiger partial charge in [0.1, 0.15) is 11.5 Å². The Labute approximate surface area is 167 Å². The molecule has 0 saturated heterocycles. The molecule has 1 aromatic carbocycles. The fraction of sp³-hybridized carbons (Fsp3) is 0.238. The number of carbonyl (C=O) groups excluding carboxylic acids is 1. The van der Waals surface area contributed by atoms with Gasteiger partial charge >= 0.3 is 5.69 Å². The third-order valence-electron chi connectivity index (χ3n) is 4.53. The highest BCUT2D eigenvalue weighted by molar-refractivity contribution is 6.05. The van der Waals surface area contributed by atoms with Crippen molar-refractivity contribution in [1.82, 2.24) is 14.5 Å². The zero-order chi connectivity index (χ0) is 20.8. The van der Waals surface area contributed by atoms with Gasteiger partial charge in [0.25, 0.3) is 11.5 Å². The smallest absolute Gasteiger partial charge is 0.330 e. The summed E-state index contributed by atoms with van der Waals surface area (Å²) >= 11 is 0. The molecule has 0 bridgehead atoms. The lowest BCUT2D eigenvalue weighted by Gasteiger charge is -2.24. The lowest BCUT2D eigenvalue weighted by molar-refractivity contribution is 0.0980. The van der Waals surface area contributed by atoms with E-state index in [1.807, 2.05) is 37.3 Å². The van der Waals surface area contributed by atoms with Crippen LogP contribution < -0.4 is 21.9 Å². The molecule has 0 unspecified atom stereocenters. The van der Waals surface area contributed by atoms with Gasteiger partial charge in [0.05, 0.1) is 6.54 Å². The lowest BCUT2D eigenvalue weighted by atomic mass is 10.2. The number of benzene rings is 1. The van der Waals surface area contributed by atoms with Crippen LogP contribution in [0, 0.1) is 0 Å². The van der Waals surface area contributed by atoms with Crippen molar-refractivity contribution in [2.24, 2.45) is 0 Å². The number of H-pyrrole nitrogens is 1. The molecule has 2 heterocycles. The van der Waals surface area contributed by atoms with Crippen molar-refractivity contribution in [2.75, 3.05) is 10.6 Å². The van der Waals surface area contributed by atoms with E-state index < -0.39 is 17.2 Å². The Hall–Kier alpha value is -3.68. The van der Waals surface area contributed by atoms with Crippen molar-refractivity contribution in [3.63, 3.8) is 0 Å². The van der Waals surface area contributed by atoms with Crippen LogP contribution in [0.25, 0.3) is 0 Å². The molecule has 2 aromatic heterocycles. The fourth-order valence-corrected chi connectivity index (χ4v) is 3.02. The predicted octanol–water partition coefficient (Wildman–Crippen LogP) is 2.16. The molecule has 3 aromatic rings. The molecule has 0 fully saturated rings. The van der Waals surface area contributed by atoms with Crippen molar-refractivity contribution in [2.45, 2.75) is 32.9 Å². The molecular formula is C21H23N5O3. The summed E-state index contributed by atoms with van der Waals surface area (Å²) in [6.07, 6.45) is 3.06. The molecule has 0 radical (unpaired) electrons. The number of pyridine rings is 1. The molecule has 150 valence electrons. The molecular weight excluding hydrogens is 370 g/mol. The number of aromatic amines is 1. The second kappa shape index (κ2) is 9.01. The Morgan fingerprint density at radius 1 is 1.14 bits per heavy atom. The number of anilines is 2. The molecule has 8 heteroatoms. The first-order chi connectivity index (χ1) is 14.0. The van der Waals surface area contributed by atoms with E-state index in [-0.39, 0.29) is 23.7 Å². The Kier molecular flexibility index (Phi) is 6.23. The van der Waals surface area contributed by atoms with Gasteiger partial charge < -0.3 is 5.73 Å². The van der Waals surface area contributed by atoms with Crippen molar-refractivity contribution in [3.8, 4) is 0 Å². The van der Waals surface area contributed by atoms with Gasteiger partial charge in [-0.15, -0.1) is 0 Å². The van der Waals surface area contributed by atoms with E-state index in [0.29, 0.717) is 13.0 Å². The molecule has 29 heavy (non-hydrogen) atoms. The van der Waals surface area contributed by atoms with Crippen LogP contribution in [0.5, 0.6) is 0 Å². The molecule has 0 saturated carbocycles. The highest BCUT2D eigenvalue weighted by Crippen LogP contribution is 2.21. The molecule has 3 rings (SSSR count). The first kappa shape index (κ1) is 20.1. The topological polar surface area (TPSA) is 114 Å². The van der Waals surface area contributed by atoms with Crippen LogP contribution in [-0.4, -0.2) is 20.4 Å². The molecule has 8 nitrogen and oxygen atoms in total. The Balaban J connectivity index is 2.14. The van der Waals surface area contributed by atoms with Crippen LogP contribution in [0.15, 0.2) is 64.3 Å². The highest BCUT2D eigenvalue weighted by Gasteiger charge is 2.26. The summed E-state index contributed by atoms with van der Waals surface area (Å²) in [7, 11) is 0. The summed E-state index contributed by atoms with van der Waals surface area (Å²) in [6.45, 7) is 2.44. The minimum atomic E-state index is -0.708. The van der Waals surface area contributed by atoms with Crippen LogP contribution >= 0.6 is 0 Å². The first-order valence-electron chi connectivity index (χ1n) is 9.42. The molecule has 3 N–H and O–H groups in total. The zero-order valence-corrected chi connectivity index (χ0v) is 16.2. The van der Waals surface area contributed by atoms with E-state index in [1.54, 1.807) is 18.2 Å². The molecule has 0 spiro atoms. The summed E-state index contributed by atoms with van der Waals surface area (Å²) in [5.74, 6) is -0.514. The lowest BCUT2D eigenvalue weighted by Crippen LogP contribution is -2.41. The van der Waals surface area contributed by atoms with Crippen LogP contribution in [-0.2, 0) is 13.1 Å². The predicted molar refractivity (Wildman–Crippen MR) is 112 cm³/mol. The van der Waals surface area contributed by atoms with Gasteiger partial charge in [-0.05, 0) is 24.1 Å². The van der Waals surface area contributed by atoms with Crippen molar-refractivity contribution >= 4 is 17.4 Å². The van der Waals surface area contributed by atoms with Gasteiger partial charge in [-0.1, -0.05) is 49.7 Å². The summed E-state index contributed by atoms with van der Waals surface area (Å²) in [5.41, 5.74) is 5.86. The number of unbranched alkanes of at least 4 members (excludes halogenated alkanes) is 1. The summed E-state index contributed by atoms with van der Waals surface area (Å²) in [4.78, 5) is 45.8. The molecule has 0 aliphatic carbocycles. The van der Waals surface area contributed by atoms with E-state index in [1.165, 1.54) is 15.7 Å². The van der Waals surface area contributed by atoms with E-state index in [9.17, 15) is 14.4 Å². The monoisotopic (exact) mass is 393 g/mol.